The summed E-state index contributed by atoms with van der Waals surface area (Å²) in [7, 11) is 3.51. The third-order valence-corrected chi connectivity index (χ3v) is 5.04. The van der Waals surface area contributed by atoms with E-state index in [4.69, 9.17) is 9.47 Å². The van der Waals surface area contributed by atoms with Crippen molar-refractivity contribution in [2.75, 3.05) is 47.0 Å². The number of hydrogen-bond acceptors (Lipinski definition) is 4. The van der Waals surface area contributed by atoms with Gasteiger partial charge in [0.05, 0.1) is 6.61 Å². The number of benzene rings is 1. The Morgan fingerprint density at radius 1 is 1.28 bits per heavy atom. The minimum absolute atomic E-state index is 0. The number of rotatable bonds is 10. The van der Waals surface area contributed by atoms with Gasteiger partial charge >= 0.3 is 0 Å². The molecule has 1 aromatic carbocycles. The van der Waals surface area contributed by atoms with Gasteiger partial charge in [-0.15, -0.1) is 24.0 Å². The molecule has 1 aliphatic rings. The fourth-order valence-corrected chi connectivity index (χ4v) is 3.63. The van der Waals surface area contributed by atoms with Crippen LogP contribution in [0.5, 0.6) is 5.75 Å². The van der Waals surface area contributed by atoms with E-state index in [0.717, 1.165) is 23.8 Å². The van der Waals surface area contributed by atoms with Gasteiger partial charge in [0, 0.05) is 45.4 Å². The van der Waals surface area contributed by atoms with Crippen molar-refractivity contribution in [1.29, 1.82) is 0 Å². The van der Waals surface area contributed by atoms with Crippen molar-refractivity contribution in [2.24, 2.45) is 10.9 Å². The van der Waals surface area contributed by atoms with Crippen molar-refractivity contribution in [3.05, 3.63) is 29.3 Å². The summed E-state index contributed by atoms with van der Waals surface area (Å²) < 4.78 is 11.0. The van der Waals surface area contributed by atoms with E-state index in [1.54, 1.807) is 7.11 Å². The molecule has 0 bridgehead atoms. The van der Waals surface area contributed by atoms with Crippen molar-refractivity contribution in [3.63, 3.8) is 0 Å². The SMILES string of the molecule is CN=C(NCc1ccc(C)cc1OCCOC)NC[C@H]1CCCN1CC(C)C.I. The first-order chi connectivity index (χ1) is 13.5. The van der Waals surface area contributed by atoms with Crippen molar-refractivity contribution in [1.82, 2.24) is 15.5 Å². The highest BCUT2D eigenvalue weighted by atomic mass is 127. The van der Waals surface area contributed by atoms with E-state index in [2.05, 4.69) is 59.5 Å². The number of halogens is 1. The summed E-state index contributed by atoms with van der Waals surface area (Å²) in [6.45, 7) is 11.8. The van der Waals surface area contributed by atoms with E-state index in [1.807, 2.05) is 7.05 Å². The van der Waals surface area contributed by atoms with E-state index in [-0.39, 0.29) is 24.0 Å². The summed E-state index contributed by atoms with van der Waals surface area (Å²) >= 11 is 0. The van der Waals surface area contributed by atoms with Gasteiger partial charge in [0.2, 0.25) is 0 Å². The Morgan fingerprint density at radius 3 is 2.76 bits per heavy atom. The highest BCUT2D eigenvalue weighted by Crippen LogP contribution is 2.20. The molecule has 7 heteroatoms. The molecule has 0 radical (unpaired) electrons. The quantitative estimate of drug-likeness (QED) is 0.215. The van der Waals surface area contributed by atoms with Crippen LogP contribution in [0.4, 0.5) is 0 Å². The monoisotopic (exact) mass is 518 g/mol. The molecule has 1 saturated heterocycles. The van der Waals surface area contributed by atoms with Crippen molar-refractivity contribution >= 4 is 29.9 Å². The summed E-state index contributed by atoms with van der Waals surface area (Å²) in [5.74, 6) is 2.44. The standard InChI is InChI=1S/C22H38N4O2.HI/c1-17(2)16-26-10-6-7-20(26)15-25-22(23-4)24-14-19-9-8-18(3)13-21(19)28-12-11-27-5;/h8-9,13,17,20H,6-7,10-12,14-16H2,1-5H3,(H2,23,24,25);1H/t20-;/m1./s1. The molecular formula is C22H39IN4O2. The predicted octanol–water partition coefficient (Wildman–Crippen LogP) is 3.42. The van der Waals surface area contributed by atoms with Gasteiger partial charge < -0.3 is 20.1 Å². The molecule has 6 nitrogen and oxygen atoms in total. The molecular weight excluding hydrogens is 479 g/mol. The largest absolute Gasteiger partial charge is 0.491 e. The van der Waals surface area contributed by atoms with Gasteiger partial charge in [-0.3, -0.25) is 9.89 Å². The summed E-state index contributed by atoms with van der Waals surface area (Å²) in [5, 5.41) is 6.93. The highest BCUT2D eigenvalue weighted by molar-refractivity contribution is 14.0. The van der Waals surface area contributed by atoms with E-state index in [9.17, 15) is 0 Å². The minimum Gasteiger partial charge on any atom is -0.491 e. The number of guanidine groups is 1. The number of nitrogens with one attached hydrogen (secondary N) is 2. The van der Waals surface area contributed by atoms with Gasteiger partial charge in [0.15, 0.2) is 5.96 Å². The van der Waals surface area contributed by atoms with Crippen LogP contribution in [-0.4, -0.2) is 63.9 Å². The first kappa shape index (κ1) is 26.0. The second-order valence-electron chi connectivity index (χ2n) is 7.94. The Hall–Kier alpha value is -1.06. The molecule has 2 N–H and O–H groups in total. The lowest BCUT2D eigenvalue weighted by atomic mass is 10.1. The Bertz CT molecular complexity index is 625. The van der Waals surface area contributed by atoms with Crippen LogP contribution in [-0.2, 0) is 11.3 Å². The predicted molar refractivity (Wildman–Crippen MR) is 132 cm³/mol. The fourth-order valence-electron chi connectivity index (χ4n) is 3.63. The topological polar surface area (TPSA) is 58.1 Å². The molecule has 2 rings (SSSR count). The lowest BCUT2D eigenvalue weighted by molar-refractivity contribution is 0.145. The third-order valence-electron chi connectivity index (χ3n) is 5.04. The van der Waals surface area contributed by atoms with Crippen LogP contribution >= 0.6 is 24.0 Å². The molecule has 0 spiro atoms. The van der Waals surface area contributed by atoms with Gasteiger partial charge in [-0.05, 0) is 43.9 Å². The normalized spacial score (nSPS) is 17.3. The highest BCUT2D eigenvalue weighted by Gasteiger charge is 2.24. The molecule has 1 atom stereocenters. The van der Waals surface area contributed by atoms with Gasteiger partial charge in [-0.1, -0.05) is 26.0 Å². The average Bonchev–Trinajstić information content (AvgIpc) is 3.09. The molecule has 0 aliphatic carbocycles. The van der Waals surface area contributed by atoms with Crippen LogP contribution in [0.3, 0.4) is 0 Å². The zero-order valence-electron chi connectivity index (χ0n) is 18.7. The van der Waals surface area contributed by atoms with Crippen molar-refractivity contribution < 1.29 is 9.47 Å². The maximum absolute atomic E-state index is 5.88. The lowest BCUT2D eigenvalue weighted by Gasteiger charge is -2.27. The second kappa shape index (κ2) is 14.0. The zero-order chi connectivity index (χ0) is 20.4. The fraction of sp³-hybridized carbons (Fsp3) is 0.682. The molecule has 29 heavy (non-hydrogen) atoms. The van der Waals surface area contributed by atoms with E-state index < -0.39 is 0 Å². The van der Waals surface area contributed by atoms with Crippen LogP contribution in [0.2, 0.25) is 0 Å². The van der Waals surface area contributed by atoms with Crippen LogP contribution < -0.4 is 15.4 Å². The van der Waals surface area contributed by atoms with Crippen molar-refractivity contribution in [3.8, 4) is 5.75 Å². The second-order valence-corrected chi connectivity index (χ2v) is 7.94. The van der Waals surface area contributed by atoms with Gasteiger partial charge in [-0.25, -0.2) is 0 Å². The van der Waals surface area contributed by atoms with Crippen molar-refractivity contribution in [2.45, 2.75) is 46.2 Å². The third kappa shape index (κ3) is 9.09. The number of ether oxygens (including phenoxy) is 2. The zero-order valence-corrected chi connectivity index (χ0v) is 21.0. The smallest absolute Gasteiger partial charge is 0.191 e. The summed E-state index contributed by atoms with van der Waals surface area (Å²) in [5.41, 5.74) is 2.30. The summed E-state index contributed by atoms with van der Waals surface area (Å²) in [4.78, 5) is 6.99. The number of nitrogens with zero attached hydrogens (tertiary/aromatic N) is 2. The number of methoxy groups -OCH3 is 1. The van der Waals surface area contributed by atoms with Crippen LogP contribution in [0.25, 0.3) is 0 Å². The maximum Gasteiger partial charge on any atom is 0.191 e. The Labute approximate surface area is 193 Å². The molecule has 166 valence electrons. The average molecular weight is 518 g/mol. The first-order valence-corrected chi connectivity index (χ1v) is 10.4. The molecule has 0 unspecified atom stereocenters. The van der Waals surface area contributed by atoms with Crippen LogP contribution in [0.15, 0.2) is 23.2 Å². The Balaban J connectivity index is 0.00000420. The molecule has 0 saturated carbocycles. The minimum atomic E-state index is 0. The van der Waals surface area contributed by atoms with Crippen LogP contribution in [0.1, 0.15) is 37.8 Å². The maximum atomic E-state index is 5.88. The van der Waals surface area contributed by atoms with Crippen LogP contribution in [0, 0.1) is 12.8 Å². The molecule has 1 aromatic rings. The van der Waals surface area contributed by atoms with E-state index >= 15 is 0 Å². The Kier molecular flexibility index (Phi) is 12.6. The lowest BCUT2D eigenvalue weighted by Crippen LogP contribution is -2.45. The molecule has 0 amide bonds. The summed E-state index contributed by atoms with van der Waals surface area (Å²) in [6, 6.07) is 6.89. The van der Waals surface area contributed by atoms with E-state index in [0.29, 0.717) is 31.7 Å². The Morgan fingerprint density at radius 2 is 2.07 bits per heavy atom. The number of likely N-dealkylation sites (tertiary alicyclic amines) is 1. The van der Waals surface area contributed by atoms with Gasteiger partial charge in [-0.2, -0.15) is 0 Å². The number of aryl methyl sites for hydroxylation is 1. The van der Waals surface area contributed by atoms with E-state index in [1.165, 1.54) is 31.5 Å². The first-order valence-electron chi connectivity index (χ1n) is 10.4. The number of aliphatic imine (C=N–C) groups is 1. The number of hydrogen-bond donors (Lipinski definition) is 2. The molecule has 1 fully saturated rings. The molecule has 1 aliphatic heterocycles. The molecule has 0 aromatic heterocycles. The summed E-state index contributed by atoms with van der Waals surface area (Å²) in [6.07, 6.45) is 2.54. The molecule has 1 heterocycles. The van der Waals surface area contributed by atoms with Gasteiger partial charge in [0.1, 0.15) is 12.4 Å². The van der Waals surface area contributed by atoms with Gasteiger partial charge in [0.25, 0.3) is 0 Å².